The van der Waals surface area contributed by atoms with Crippen molar-refractivity contribution in [2.24, 2.45) is 0 Å². The molecule has 0 saturated heterocycles. The van der Waals surface area contributed by atoms with Gasteiger partial charge in [0, 0.05) is 23.5 Å². The van der Waals surface area contributed by atoms with Crippen LogP contribution >= 0.6 is 0 Å². The standard InChI is InChI=1S/C22H22N4O2/c1-4-28-19-9-8-16(11-20(19)27-3)18-13-26-12-17(24-21(23)22(26)25-18)15-7-5-6-14(2)10-15/h5-13H,4H2,1-3H3,(H2,23,24). The van der Waals surface area contributed by atoms with Gasteiger partial charge in [-0.2, -0.15) is 0 Å². The van der Waals surface area contributed by atoms with Crippen molar-refractivity contribution < 1.29 is 9.47 Å². The Morgan fingerprint density at radius 2 is 1.71 bits per heavy atom. The van der Waals surface area contributed by atoms with Crippen LogP contribution in [0.5, 0.6) is 11.5 Å². The summed E-state index contributed by atoms with van der Waals surface area (Å²) in [5, 5.41) is 0. The lowest BCUT2D eigenvalue weighted by atomic mass is 10.1. The van der Waals surface area contributed by atoms with Crippen molar-refractivity contribution >= 4 is 11.5 Å². The average molecular weight is 374 g/mol. The number of hydrogen-bond donors (Lipinski definition) is 1. The van der Waals surface area contributed by atoms with Crippen molar-refractivity contribution in [1.29, 1.82) is 0 Å². The molecule has 0 spiro atoms. The van der Waals surface area contributed by atoms with Crippen molar-refractivity contribution in [3.8, 4) is 34.0 Å². The van der Waals surface area contributed by atoms with E-state index in [0.29, 0.717) is 29.6 Å². The number of ether oxygens (including phenoxy) is 2. The van der Waals surface area contributed by atoms with Gasteiger partial charge in [-0.05, 0) is 38.1 Å². The first-order chi connectivity index (χ1) is 13.6. The Balaban J connectivity index is 1.79. The fourth-order valence-electron chi connectivity index (χ4n) is 3.21. The number of nitrogen functional groups attached to an aromatic ring is 1. The molecule has 2 heterocycles. The second-order valence-electron chi connectivity index (χ2n) is 6.54. The van der Waals surface area contributed by atoms with Gasteiger partial charge in [0.05, 0.1) is 25.1 Å². The highest BCUT2D eigenvalue weighted by Crippen LogP contribution is 2.33. The lowest BCUT2D eigenvalue weighted by molar-refractivity contribution is 0.311. The van der Waals surface area contributed by atoms with Gasteiger partial charge in [0.25, 0.3) is 0 Å². The fraction of sp³-hybridized carbons (Fsp3) is 0.182. The third-order valence-electron chi connectivity index (χ3n) is 4.54. The van der Waals surface area contributed by atoms with Crippen LogP contribution in [0, 0.1) is 6.92 Å². The molecule has 142 valence electrons. The van der Waals surface area contributed by atoms with Gasteiger partial charge in [0.1, 0.15) is 0 Å². The fourth-order valence-corrected chi connectivity index (χ4v) is 3.21. The van der Waals surface area contributed by atoms with Crippen molar-refractivity contribution in [2.75, 3.05) is 19.5 Å². The second-order valence-corrected chi connectivity index (χ2v) is 6.54. The molecule has 0 amide bonds. The Bertz CT molecular complexity index is 1150. The van der Waals surface area contributed by atoms with E-state index in [2.05, 4.69) is 29.0 Å². The maximum absolute atomic E-state index is 6.20. The summed E-state index contributed by atoms with van der Waals surface area (Å²) >= 11 is 0. The molecule has 2 aromatic carbocycles. The third-order valence-corrected chi connectivity index (χ3v) is 4.54. The molecule has 28 heavy (non-hydrogen) atoms. The van der Waals surface area contributed by atoms with Crippen LogP contribution in [0.3, 0.4) is 0 Å². The van der Waals surface area contributed by atoms with Crippen LogP contribution in [0.2, 0.25) is 0 Å². The number of anilines is 1. The van der Waals surface area contributed by atoms with E-state index in [0.717, 1.165) is 22.5 Å². The van der Waals surface area contributed by atoms with E-state index in [-0.39, 0.29) is 0 Å². The average Bonchev–Trinajstić information content (AvgIpc) is 3.13. The van der Waals surface area contributed by atoms with E-state index in [1.165, 1.54) is 5.56 Å². The highest BCUT2D eigenvalue weighted by Gasteiger charge is 2.13. The molecule has 6 heteroatoms. The number of hydrogen-bond acceptors (Lipinski definition) is 5. The highest BCUT2D eigenvalue weighted by atomic mass is 16.5. The summed E-state index contributed by atoms with van der Waals surface area (Å²) in [6, 6.07) is 13.9. The van der Waals surface area contributed by atoms with Gasteiger partial charge in [-0.1, -0.05) is 23.8 Å². The predicted octanol–water partition coefficient (Wildman–Crippen LogP) is 4.36. The zero-order chi connectivity index (χ0) is 19.7. The van der Waals surface area contributed by atoms with E-state index < -0.39 is 0 Å². The first kappa shape index (κ1) is 17.9. The zero-order valence-electron chi connectivity index (χ0n) is 16.1. The minimum atomic E-state index is 0.392. The molecule has 0 unspecified atom stereocenters. The summed E-state index contributed by atoms with van der Waals surface area (Å²) in [4.78, 5) is 9.21. The van der Waals surface area contributed by atoms with Gasteiger partial charge < -0.3 is 19.6 Å². The number of nitrogens with zero attached hydrogens (tertiary/aromatic N) is 3. The molecular weight excluding hydrogens is 352 g/mol. The maximum atomic E-state index is 6.20. The van der Waals surface area contributed by atoms with Crippen LogP contribution in [0.15, 0.2) is 54.9 Å². The summed E-state index contributed by atoms with van der Waals surface area (Å²) in [5.41, 5.74) is 11.5. The SMILES string of the molecule is CCOc1ccc(-c2cn3cc(-c4cccc(C)c4)nc(N)c3n2)cc1OC. The van der Waals surface area contributed by atoms with Gasteiger partial charge in [0.2, 0.25) is 0 Å². The molecule has 2 N–H and O–H groups in total. The molecule has 0 aliphatic rings. The molecule has 0 fully saturated rings. The lowest BCUT2D eigenvalue weighted by Crippen LogP contribution is -1.98. The quantitative estimate of drug-likeness (QED) is 0.562. The van der Waals surface area contributed by atoms with Crippen molar-refractivity contribution in [1.82, 2.24) is 14.4 Å². The number of rotatable bonds is 5. The molecule has 4 rings (SSSR count). The van der Waals surface area contributed by atoms with E-state index in [1.807, 2.05) is 54.0 Å². The summed E-state index contributed by atoms with van der Waals surface area (Å²) in [7, 11) is 1.63. The van der Waals surface area contributed by atoms with Crippen molar-refractivity contribution in [2.45, 2.75) is 13.8 Å². The van der Waals surface area contributed by atoms with Crippen LogP contribution < -0.4 is 15.2 Å². The smallest absolute Gasteiger partial charge is 0.180 e. The maximum Gasteiger partial charge on any atom is 0.180 e. The lowest BCUT2D eigenvalue weighted by Gasteiger charge is -2.09. The molecule has 2 aromatic heterocycles. The van der Waals surface area contributed by atoms with Crippen molar-refractivity contribution in [3.63, 3.8) is 0 Å². The summed E-state index contributed by atoms with van der Waals surface area (Å²) < 4.78 is 13.0. The Morgan fingerprint density at radius 3 is 2.43 bits per heavy atom. The number of methoxy groups -OCH3 is 1. The largest absolute Gasteiger partial charge is 0.493 e. The number of aryl methyl sites for hydroxylation is 1. The molecule has 0 bridgehead atoms. The van der Waals surface area contributed by atoms with Crippen LogP contribution in [0.4, 0.5) is 5.82 Å². The number of aromatic nitrogens is 3. The first-order valence-electron chi connectivity index (χ1n) is 9.12. The van der Waals surface area contributed by atoms with Crippen LogP contribution in [0.1, 0.15) is 12.5 Å². The Morgan fingerprint density at radius 1 is 0.964 bits per heavy atom. The summed E-state index contributed by atoms with van der Waals surface area (Å²) in [6.45, 7) is 4.57. The van der Waals surface area contributed by atoms with Gasteiger partial charge in [-0.25, -0.2) is 9.97 Å². The van der Waals surface area contributed by atoms with Gasteiger partial charge >= 0.3 is 0 Å². The van der Waals surface area contributed by atoms with Crippen LogP contribution in [-0.2, 0) is 0 Å². The molecular formula is C22H22N4O2. The Kier molecular flexibility index (Phi) is 4.61. The summed E-state index contributed by atoms with van der Waals surface area (Å²) in [5.74, 6) is 1.77. The second kappa shape index (κ2) is 7.23. The number of fused-ring (bicyclic) bond motifs is 1. The normalized spacial score (nSPS) is 11.0. The van der Waals surface area contributed by atoms with Crippen LogP contribution in [0.25, 0.3) is 28.2 Å². The minimum absolute atomic E-state index is 0.392. The first-order valence-corrected chi connectivity index (χ1v) is 9.12. The molecule has 0 atom stereocenters. The molecule has 0 saturated carbocycles. The van der Waals surface area contributed by atoms with Crippen LogP contribution in [-0.4, -0.2) is 28.1 Å². The van der Waals surface area contributed by atoms with E-state index >= 15 is 0 Å². The monoisotopic (exact) mass is 374 g/mol. The third kappa shape index (κ3) is 3.24. The topological polar surface area (TPSA) is 74.7 Å². The molecule has 0 aliphatic carbocycles. The number of nitrogens with two attached hydrogens (primary N) is 1. The molecule has 4 aromatic rings. The molecule has 0 aliphatic heterocycles. The number of benzene rings is 2. The Hall–Kier alpha value is -3.54. The van der Waals surface area contributed by atoms with E-state index in [1.54, 1.807) is 7.11 Å². The van der Waals surface area contributed by atoms with Gasteiger partial charge in [0.15, 0.2) is 23.0 Å². The van der Waals surface area contributed by atoms with Crippen molar-refractivity contribution in [3.05, 3.63) is 60.4 Å². The molecule has 0 radical (unpaired) electrons. The number of imidazole rings is 1. The van der Waals surface area contributed by atoms with E-state index in [4.69, 9.17) is 15.2 Å². The minimum Gasteiger partial charge on any atom is -0.493 e. The Labute approximate surface area is 163 Å². The highest BCUT2D eigenvalue weighted by molar-refractivity contribution is 5.73. The van der Waals surface area contributed by atoms with E-state index in [9.17, 15) is 0 Å². The predicted molar refractivity (Wildman–Crippen MR) is 111 cm³/mol. The van der Waals surface area contributed by atoms with Gasteiger partial charge in [-0.15, -0.1) is 0 Å². The van der Waals surface area contributed by atoms with Gasteiger partial charge in [-0.3, -0.25) is 0 Å². The molecule has 6 nitrogen and oxygen atoms in total. The summed E-state index contributed by atoms with van der Waals surface area (Å²) in [6.07, 6.45) is 3.89. The zero-order valence-corrected chi connectivity index (χ0v) is 16.1.